The van der Waals surface area contributed by atoms with Crippen LogP contribution in [0.5, 0.6) is 0 Å². The van der Waals surface area contributed by atoms with Crippen molar-refractivity contribution in [3.63, 3.8) is 0 Å². The van der Waals surface area contributed by atoms with Crippen molar-refractivity contribution in [3.05, 3.63) is 58.1 Å². The first-order valence-electron chi connectivity index (χ1n) is 7.97. The first-order chi connectivity index (χ1) is 11.7. The lowest BCUT2D eigenvalue weighted by molar-refractivity contribution is 0.0715. The fraction of sp³-hybridized carbons (Fsp3) is 0.278. The van der Waals surface area contributed by atoms with Crippen LogP contribution in [-0.4, -0.2) is 27.5 Å². The molecule has 5 nitrogen and oxygen atoms in total. The highest BCUT2D eigenvalue weighted by Gasteiger charge is 2.34. The summed E-state index contributed by atoms with van der Waals surface area (Å²) in [6, 6.07) is 11.6. The van der Waals surface area contributed by atoms with Crippen LogP contribution in [0.3, 0.4) is 0 Å². The number of benzene rings is 1. The minimum atomic E-state index is -0.133. The van der Waals surface area contributed by atoms with Gasteiger partial charge in [0.25, 0.3) is 5.91 Å². The molecule has 0 bridgehead atoms. The van der Waals surface area contributed by atoms with E-state index in [0.717, 1.165) is 29.8 Å². The van der Waals surface area contributed by atoms with E-state index in [0.29, 0.717) is 11.7 Å². The SMILES string of the molecule is Cc1ccc(-c2noc([C@@H]3CCCN3C(=O)c3cccs3)n2)cc1. The molecule has 3 heterocycles. The van der Waals surface area contributed by atoms with Crippen molar-refractivity contribution in [2.45, 2.75) is 25.8 Å². The normalized spacial score (nSPS) is 17.4. The number of aromatic nitrogens is 2. The number of likely N-dealkylation sites (tertiary alicyclic amines) is 1. The molecule has 0 spiro atoms. The number of nitrogens with zero attached hydrogens (tertiary/aromatic N) is 3. The Labute approximate surface area is 143 Å². The summed E-state index contributed by atoms with van der Waals surface area (Å²) in [5.41, 5.74) is 2.11. The van der Waals surface area contributed by atoms with Crippen LogP contribution in [0.15, 0.2) is 46.3 Å². The third-order valence-corrected chi connectivity index (χ3v) is 5.14. The van der Waals surface area contributed by atoms with Crippen molar-refractivity contribution in [2.75, 3.05) is 6.54 Å². The molecule has 1 atom stereocenters. The molecule has 122 valence electrons. The largest absolute Gasteiger partial charge is 0.337 e. The summed E-state index contributed by atoms with van der Waals surface area (Å²) in [6.07, 6.45) is 1.80. The summed E-state index contributed by atoms with van der Waals surface area (Å²) in [4.78, 5) is 19.8. The van der Waals surface area contributed by atoms with Gasteiger partial charge < -0.3 is 9.42 Å². The maximum Gasteiger partial charge on any atom is 0.264 e. The van der Waals surface area contributed by atoms with Crippen LogP contribution in [0, 0.1) is 6.92 Å². The Hall–Kier alpha value is -2.47. The molecule has 2 aromatic heterocycles. The highest BCUT2D eigenvalue weighted by Crippen LogP contribution is 2.33. The Bertz CT molecular complexity index is 840. The summed E-state index contributed by atoms with van der Waals surface area (Å²) >= 11 is 1.46. The topological polar surface area (TPSA) is 59.2 Å². The molecule has 6 heteroatoms. The van der Waals surface area contributed by atoms with E-state index >= 15 is 0 Å². The molecule has 1 amide bonds. The van der Waals surface area contributed by atoms with Crippen LogP contribution in [0.25, 0.3) is 11.4 Å². The van der Waals surface area contributed by atoms with Gasteiger partial charge in [0.05, 0.1) is 4.88 Å². The number of carbonyl (C=O) groups excluding carboxylic acids is 1. The minimum absolute atomic E-state index is 0.0441. The third-order valence-electron chi connectivity index (χ3n) is 4.28. The maximum atomic E-state index is 12.7. The Kier molecular flexibility index (Phi) is 3.90. The van der Waals surface area contributed by atoms with Crippen molar-refractivity contribution < 1.29 is 9.32 Å². The lowest BCUT2D eigenvalue weighted by Crippen LogP contribution is -2.30. The van der Waals surface area contributed by atoms with E-state index in [1.807, 2.05) is 53.6 Å². The number of rotatable bonds is 3. The van der Waals surface area contributed by atoms with Gasteiger partial charge >= 0.3 is 0 Å². The van der Waals surface area contributed by atoms with Crippen LogP contribution in [0.1, 0.15) is 40.0 Å². The number of thiophene rings is 1. The summed E-state index contributed by atoms with van der Waals surface area (Å²) in [7, 11) is 0. The fourth-order valence-corrected chi connectivity index (χ4v) is 3.68. The van der Waals surface area contributed by atoms with E-state index in [2.05, 4.69) is 10.1 Å². The molecular formula is C18H17N3O2S. The van der Waals surface area contributed by atoms with Crippen LogP contribution in [0.4, 0.5) is 0 Å². The lowest BCUT2D eigenvalue weighted by Gasteiger charge is -2.20. The molecule has 1 aliphatic heterocycles. The number of hydrogen-bond donors (Lipinski definition) is 0. The number of aryl methyl sites for hydroxylation is 1. The van der Waals surface area contributed by atoms with Gasteiger partial charge in [-0.05, 0) is 31.2 Å². The molecule has 0 saturated carbocycles. The lowest BCUT2D eigenvalue weighted by atomic mass is 10.1. The van der Waals surface area contributed by atoms with Crippen LogP contribution in [-0.2, 0) is 0 Å². The highest BCUT2D eigenvalue weighted by atomic mass is 32.1. The summed E-state index contributed by atoms with van der Waals surface area (Å²) in [6.45, 7) is 2.77. The molecule has 1 aliphatic rings. The zero-order valence-corrected chi connectivity index (χ0v) is 14.1. The van der Waals surface area contributed by atoms with E-state index in [9.17, 15) is 4.79 Å². The molecule has 0 unspecified atom stereocenters. The molecule has 0 radical (unpaired) electrons. The van der Waals surface area contributed by atoms with Gasteiger partial charge in [-0.1, -0.05) is 41.1 Å². The van der Waals surface area contributed by atoms with Crippen molar-refractivity contribution in [1.29, 1.82) is 0 Å². The van der Waals surface area contributed by atoms with Gasteiger partial charge in [0.15, 0.2) is 0 Å². The second-order valence-corrected chi connectivity index (χ2v) is 6.90. The van der Waals surface area contributed by atoms with Crippen LogP contribution >= 0.6 is 11.3 Å². The first kappa shape index (κ1) is 15.1. The Morgan fingerprint density at radius 1 is 1.29 bits per heavy atom. The van der Waals surface area contributed by atoms with Gasteiger partial charge in [-0.15, -0.1) is 11.3 Å². The quantitative estimate of drug-likeness (QED) is 0.721. The predicted octanol–water partition coefficient (Wildman–Crippen LogP) is 4.08. The Morgan fingerprint density at radius 3 is 2.88 bits per heavy atom. The summed E-state index contributed by atoms with van der Waals surface area (Å²) in [5.74, 6) is 1.14. The van der Waals surface area contributed by atoms with Gasteiger partial charge in [0, 0.05) is 12.1 Å². The van der Waals surface area contributed by atoms with Crippen LogP contribution in [0.2, 0.25) is 0 Å². The van der Waals surface area contributed by atoms with Crippen molar-refractivity contribution in [3.8, 4) is 11.4 Å². The summed E-state index contributed by atoms with van der Waals surface area (Å²) < 4.78 is 5.48. The van der Waals surface area contributed by atoms with Crippen molar-refractivity contribution in [1.82, 2.24) is 15.0 Å². The number of amides is 1. The first-order valence-corrected chi connectivity index (χ1v) is 8.85. The van der Waals surface area contributed by atoms with E-state index in [4.69, 9.17) is 4.52 Å². The molecule has 24 heavy (non-hydrogen) atoms. The van der Waals surface area contributed by atoms with Gasteiger partial charge in [0.1, 0.15) is 6.04 Å². The van der Waals surface area contributed by atoms with E-state index in [1.165, 1.54) is 16.9 Å². The van der Waals surface area contributed by atoms with E-state index in [1.54, 1.807) is 0 Å². The second-order valence-electron chi connectivity index (χ2n) is 5.96. The number of hydrogen-bond acceptors (Lipinski definition) is 5. The zero-order chi connectivity index (χ0) is 16.5. The molecule has 1 saturated heterocycles. The standard InChI is InChI=1S/C18H17N3O2S/c1-12-6-8-13(9-7-12)16-19-17(23-20-16)14-4-2-10-21(14)18(22)15-5-3-11-24-15/h3,5-9,11,14H,2,4,10H2,1H3/t14-/m0/s1. The number of carbonyl (C=O) groups is 1. The minimum Gasteiger partial charge on any atom is -0.337 e. The molecule has 4 rings (SSSR count). The Morgan fingerprint density at radius 2 is 2.12 bits per heavy atom. The smallest absolute Gasteiger partial charge is 0.264 e. The van der Waals surface area contributed by atoms with Crippen molar-refractivity contribution >= 4 is 17.2 Å². The monoisotopic (exact) mass is 339 g/mol. The summed E-state index contributed by atoms with van der Waals surface area (Å²) in [5, 5.41) is 6.01. The van der Waals surface area contributed by atoms with Gasteiger partial charge in [-0.3, -0.25) is 4.79 Å². The fourth-order valence-electron chi connectivity index (χ4n) is 3.00. The zero-order valence-electron chi connectivity index (χ0n) is 13.3. The third kappa shape index (κ3) is 2.73. The van der Waals surface area contributed by atoms with E-state index < -0.39 is 0 Å². The molecule has 1 aromatic carbocycles. The average molecular weight is 339 g/mol. The van der Waals surface area contributed by atoms with Crippen LogP contribution < -0.4 is 0 Å². The van der Waals surface area contributed by atoms with Gasteiger partial charge in [-0.2, -0.15) is 4.98 Å². The van der Waals surface area contributed by atoms with Gasteiger partial charge in [-0.25, -0.2) is 0 Å². The molecule has 3 aromatic rings. The second kappa shape index (κ2) is 6.20. The maximum absolute atomic E-state index is 12.7. The molecule has 1 fully saturated rings. The highest BCUT2D eigenvalue weighted by molar-refractivity contribution is 7.12. The predicted molar refractivity (Wildman–Crippen MR) is 91.8 cm³/mol. The average Bonchev–Trinajstić information content (AvgIpc) is 3.34. The van der Waals surface area contributed by atoms with Crippen molar-refractivity contribution in [2.24, 2.45) is 0 Å². The molecule has 0 aliphatic carbocycles. The van der Waals surface area contributed by atoms with Gasteiger partial charge in [0.2, 0.25) is 11.7 Å². The Balaban J connectivity index is 1.59. The van der Waals surface area contributed by atoms with E-state index in [-0.39, 0.29) is 11.9 Å². The molecule has 0 N–H and O–H groups in total. The molecular weight excluding hydrogens is 322 g/mol.